The number of carbonyl (C=O) groups excluding carboxylic acids is 2. The third kappa shape index (κ3) is 4.49. The Morgan fingerprint density at radius 1 is 1.17 bits per heavy atom. The van der Waals surface area contributed by atoms with Gasteiger partial charge in [-0.2, -0.15) is 0 Å². The van der Waals surface area contributed by atoms with E-state index in [1.54, 1.807) is 42.5 Å². The van der Waals surface area contributed by atoms with Gasteiger partial charge in [-0.1, -0.05) is 19.1 Å². The predicted octanol–water partition coefficient (Wildman–Crippen LogP) is 3.42. The smallest absolute Gasteiger partial charge is 0.337 e. The topological polar surface area (TPSA) is 93.2 Å². The second kappa shape index (κ2) is 9.04. The molecule has 1 atom stereocenters. The second-order valence-electron chi connectivity index (χ2n) is 7.05. The van der Waals surface area contributed by atoms with Crippen molar-refractivity contribution < 1.29 is 14.3 Å². The normalized spacial score (nSPS) is 11.8. The molecule has 2 N–H and O–H groups in total. The summed E-state index contributed by atoms with van der Waals surface area (Å²) in [4.78, 5) is 39.9. The van der Waals surface area contributed by atoms with Crippen LogP contribution < -0.4 is 10.9 Å². The van der Waals surface area contributed by atoms with Crippen LogP contribution in [0, 0.1) is 4.77 Å². The molecule has 0 saturated heterocycles. The molecule has 0 saturated carbocycles. The minimum Gasteiger partial charge on any atom is -0.465 e. The molecule has 0 aliphatic rings. The highest BCUT2D eigenvalue weighted by molar-refractivity contribution is 7.71. The van der Waals surface area contributed by atoms with Gasteiger partial charge in [-0.05, 0) is 61.5 Å². The predicted molar refractivity (Wildman–Crippen MR) is 117 cm³/mol. The van der Waals surface area contributed by atoms with E-state index < -0.39 is 5.97 Å². The largest absolute Gasteiger partial charge is 0.465 e. The summed E-state index contributed by atoms with van der Waals surface area (Å²) in [7, 11) is 1.30. The Bertz CT molecular complexity index is 1210. The molecule has 1 heterocycles. The molecule has 0 fully saturated rings. The number of hydrogen-bond donors (Lipinski definition) is 2. The van der Waals surface area contributed by atoms with Gasteiger partial charge in [-0.15, -0.1) is 0 Å². The van der Waals surface area contributed by atoms with Gasteiger partial charge in [0.1, 0.15) is 0 Å². The first-order chi connectivity index (χ1) is 14.3. The molecular formula is C22H23N3O4S. The monoisotopic (exact) mass is 425 g/mol. The number of fused-ring (bicyclic) bond motifs is 1. The van der Waals surface area contributed by atoms with Crippen LogP contribution in [-0.4, -0.2) is 34.6 Å². The lowest BCUT2D eigenvalue weighted by Crippen LogP contribution is -2.31. The lowest BCUT2D eigenvalue weighted by Gasteiger charge is -2.12. The first-order valence-electron chi connectivity index (χ1n) is 9.59. The number of benzene rings is 2. The van der Waals surface area contributed by atoms with E-state index >= 15 is 0 Å². The molecule has 7 nitrogen and oxygen atoms in total. The van der Waals surface area contributed by atoms with Gasteiger partial charge >= 0.3 is 5.97 Å². The molecule has 8 heteroatoms. The number of aromatic nitrogens is 2. The van der Waals surface area contributed by atoms with E-state index in [1.807, 2.05) is 13.8 Å². The number of nitrogens with zero attached hydrogens (tertiary/aromatic N) is 1. The fraction of sp³-hybridized carbons (Fsp3) is 0.273. The van der Waals surface area contributed by atoms with Gasteiger partial charge in [0.25, 0.3) is 11.5 Å². The highest BCUT2D eigenvalue weighted by Crippen LogP contribution is 2.13. The molecule has 0 bridgehead atoms. The quantitative estimate of drug-likeness (QED) is 0.466. The third-order valence-electron chi connectivity index (χ3n) is 4.95. The van der Waals surface area contributed by atoms with Crippen LogP contribution in [0.5, 0.6) is 0 Å². The molecule has 0 aliphatic heterocycles. The first kappa shape index (κ1) is 21.4. The lowest BCUT2D eigenvalue weighted by molar-refractivity contribution is 0.0600. The zero-order valence-electron chi connectivity index (χ0n) is 17.0. The number of esters is 1. The van der Waals surface area contributed by atoms with Gasteiger partial charge in [0.15, 0.2) is 4.77 Å². The summed E-state index contributed by atoms with van der Waals surface area (Å²) in [5.74, 6) is -0.615. The maximum Gasteiger partial charge on any atom is 0.337 e. The Labute approximate surface area is 178 Å². The average Bonchev–Trinajstić information content (AvgIpc) is 2.75. The van der Waals surface area contributed by atoms with E-state index in [2.05, 4.69) is 10.3 Å². The molecule has 30 heavy (non-hydrogen) atoms. The van der Waals surface area contributed by atoms with Crippen molar-refractivity contribution in [2.24, 2.45) is 0 Å². The van der Waals surface area contributed by atoms with E-state index in [9.17, 15) is 14.4 Å². The molecule has 3 rings (SSSR count). The molecule has 3 aromatic rings. The number of H-pyrrole nitrogens is 1. The van der Waals surface area contributed by atoms with Gasteiger partial charge in [-0.3, -0.25) is 14.2 Å². The number of nitrogens with one attached hydrogen (secondary N) is 2. The van der Waals surface area contributed by atoms with Crippen molar-refractivity contribution >= 4 is 35.0 Å². The van der Waals surface area contributed by atoms with Crippen molar-refractivity contribution in [2.75, 3.05) is 7.11 Å². The molecule has 1 aromatic heterocycles. The maximum atomic E-state index is 12.9. The molecular weight excluding hydrogens is 402 g/mol. The molecule has 0 spiro atoms. The molecule has 2 aromatic carbocycles. The van der Waals surface area contributed by atoms with Crippen LogP contribution >= 0.6 is 12.2 Å². The number of aromatic amines is 1. The van der Waals surface area contributed by atoms with Crippen LogP contribution in [0.25, 0.3) is 10.9 Å². The fourth-order valence-electron chi connectivity index (χ4n) is 3.00. The summed E-state index contributed by atoms with van der Waals surface area (Å²) in [5, 5.41) is 3.34. The van der Waals surface area contributed by atoms with Gasteiger partial charge < -0.3 is 15.0 Å². The SMILES string of the molecule is CC[C@H](C)NC(=O)c1ccc(Cn2c(=S)[nH]c3cc(C(=O)OC)ccc3c2=O)cc1. The van der Waals surface area contributed by atoms with Crippen molar-refractivity contribution in [3.63, 3.8) is 0 Å². The van der Waals surface area contributed by atoms with Crippen molar-refractivity contribution in [1.82, 2.24) is 14.9 Å². The number of methoxy groups -OCH3 is 1. The van der Waals surface area contributed by atoms with Gasteiger partial charge in [0, 0.05) is 11.6 Å². The fourth-order valence-corrected chi connectivity index (χ4v) is 3.25. The van der Waals surface area contributed by atoms with Gasteiger partial charge in [-0.25, -0.2) is 4.79 Å². The van der Waals surface area contributed by atoms with Crippen molar-refractivity contribution in [3.8, 4) is 0 Å². The number of amides is 1. The van der Waals surface area contributed by atoms with Crippen molar-refractivity contribution in [3.05, 3.63) is 74.3 Å². The molecule has 156 valence electrons. The Kier molecular flexibility index (Phi) is 6.47. The van der Waals surface area contributed by atoms with E-state index in [0.29, 0.717) is 22.0 Å². The molecule has 0 aliphatic carbocycles. The number of ether oxygens (including phenoxy) is 1. The summed E-state index contributed by atoms with van der Waals surface area (Å²) >= 11 is 5.36. The average molecular weight is 426 g/mol. The zero-order valence-corrected chi connectivity index (χ0v) is 17.8. The molecule has 0 unspecified atom stereocenters. The molecule has 1 amide bonds. The Morgan fingerprint density at radius 2 is 1.83 bits per heavy atom. The Balaban J connectivity index is 1.89. The van der Waals surface area contributed by atoms with E-state index in [-0.39, 0.29) is 28.8 Å². The van der Waals surface area contributed by atoms with Crippen LogP contribution in [0.15, 0.2) is 47.3 Å². The number of rotatable bonds is 6. The highest BCUT2D eigenvalue weighted by Gasteiger charge is 2.12. The van der Waals surface area contributed by atoms with Crippen molar-refractivity contribution in [2.45, 2.75) is 32.9 Å². The summed E-state index contributed by atoms with van der Waals surface area (Å²) in [5.41, 5.74) is 1.94. The second-order valence-corrected chi connectivity index (χ2v) is 7.44. The summed E-state index contributed by atoms with van der Waals surface area (Å²) in [6, 6.07) is 11.8. The number of carbonyl (C=O) groups is 2. The van der Waals surface area contributed by atoms with E-state index in [4.69, 9.17) is 17.0 Å². The zero-order chi connectivity index (χ0) is 21.8. The highest BCUT2D eigenvalue weighted by atomic mass is 32.1. The van der Waals surface area contributed by atoms with Crippen LogP contribution in [0.3, 0.4) is 0 Å². The minimum absolute atomic E-state index is 0.103. The third-order valence-corrected chi connectivity index (χ3v) is 5.27. The van der Waals surface area contributed by atoms with Gasteiger partial charge in [0.2, 0.25) is 0 Å². The number of hydrogen-bond acceptors (Lipinski definition) is 5. The Hall–Kier alpha value is -3.26. The summed E-state index contributed by atoms with van der Waals surface area (Å²) in [6.07, 6.45) is 0.855. The summed E-state index contributed by atoms with van der Waals surface area (Å²) in [6.45, 7) is 4.22. The van der Waals surface area contributed by atoms with Crippen LogP contribution in [0.1, 0.15) is 46.5 Å². The Morgan fingerprint density at radius 3 is 2.47 bits per heavy atom. The van der Waals surface area contributed by atoms with E-state index in [0.717, 1.165) is 12.0 Å². The van der Waals surface area contributed by atoms with E-state index in [1.165, 1.54) is 11.7 Å². The van der Waals surface area contributed by atoms with Gasteiger partial charge in [0.05, 0.1) is 30.1 Å². The lowest BCUT2D eigenvalue weighted by atomic mass is 10.1. The maximum absolute atomic E-state index is 12.9. The van der Waals surface area contributed by atoms with Crippen LogP contribution in [-0.2, 0) is 11.3 Å². The standard InChI is InChI=1S/C22H23N3O4S/c1-4-13(2)23-19(26)15-7-5-14(6-8-15)12-25-20(27)17-10-9-16(21(28)29-3)11-18(17)24-22(25)30/h5-11,13H,4,12H2,1-3H3,(H,23,26)(H,24,30)/t13-/m0/s1. The molecule has 0 radical (unpaired) electrons. The summed E-state index contributed by atoms with van der Waals surface area (Å²) < 4.78 is 6.40. The first-order valence-corrected chi connectivity index (χ1v) is 9.99. The van der Waals surface area contributed by atoms with Crippen LogP contribution in [0.2, 0.25) is 0 Å². The van der Waals surface area contributed by atoms with Crippen molar-refractivity contribution in [1.29, 1.82) is 0 Å². The van der Waals surface area contributed by atoms with Crippen LogP contribution in [0.4, 0.5) is 0 Å². The minimum atomic E-state index is -0.488.